The molecule has 100 valence electrons. The average Bonchev–Trinajstić information content (AvgIpc) is 2.38. The van der Waals surface area contributed by atoms with Gasteiger partial charge >= 0.3 is 0 Å². The molecule has 0 aliphatic carbocycles. The third-order valence-electron chi connectivity index (χ3n) is 3.73. The lowest BCUT2D eigenvalue weighted by atomic mass is 9.81. The van der Waals surface area contributed by atoms with E-state index in [4.69, 9.17) is 26.8 Å². The van der Waals surface area contributed by atoms with Crippen LogP contribution in [0.25, 0.3) is 0 Å². The summed E-state index contributed by atoms with van der Waals surface area (Å²) < 4.78 is 10.6. The van der Waals surface area contributed by atoms with E-state index in [2.05, 4.69) is 6.92 Å². The molecule has 0 radical (unpaired) electrons. The Morgan fingerprint density at radius 1 is 1.50 bits per heavy atom. The van der Waals surface area contributed by atoms with Crippen LogP contribution in [0.5, 0.6) is 5.75 Å². The van der Waals surface area contributed by atoms with Crippen molar-refractivity contribution in [1.82, 2.24) is 0 Å². The predicted octanol–water partition coefficient (Wildman–Crippen LogP) is 3.02. The molecule has 0 saturated carbocycles. The van der Waals surface area contributed by atoms with Gasteiger partial charge in [0.25, 0.3) is 0 Å². The van der Waals surface area contributed by atoms with Crippen LogP contribution in [0.15, 0.2) is 18.2 Å². The fourth-order valence-electron chi connectivity index (χ4n) is 2.57. The molecule has 2 N–H and O–H groups in total. The van der Waals surface area contributed by atoms with Gasteiger partial charge in [0.15, 0.2) is 0 Å². The van der Waals surface area contributed by atoms with Crippen molar-refractivity contribution >= 4 is 11.6 Å². The zero-order valence-electron chi connectivity index (χ0n) is 10.9. The Labute approximate surface area is 113 Å². The minimum atomic E-state index is 0.00676. The zero-order valence-corrected chi connectivity index (χ0v) is 11.6. The zero-order chi connectivity index (χ0) is 13.1. The van der Waals surface area contributed by atoms with Crippen LogP contribution < -0.4 is 10.5 Å². The van der Waals surface area contributed by atoms with Crippen molar-refractivity contribution in [1.29, 1.82) is 0 Å². The molecule has 0 bridgehead atoms. The number of ether oxygens (including phenoxy) is 2. The maximum atomic E-state index is 6.37. The van der Waals surface area contributed by atoms with Crippen molar-refractivity contribution in [2.75, 3.05) is 20.3 Å². The van der Waals surface area contributed by atoms with Crippen molar-refractivity contribution in [3.8, 4) is 5.75 Å². The number of nitrogens with two attached hydrogens (primary N) is 1. The van der Waals surface area contributed by atoms with Crippen LogP contribution in [0.4, 0.5) is 0 Å². The topological polar surface area (TPSA) is 44.5 Å². The van der Waals surface area contributed by atoms with E-state index in [1.807, 2.05) is 18.2 Å². The number of hydrogen-bond donors (Lipinski definition) is 1. The predicted molar refractivity (Wildman–Crippen MR) is 73.0 cm³/mol. The SMILES string of the molecule is COc1ccc(C(N)C2CCOCC2C)cc1Cl. The third kappa shape index (κ3) is 2.79. The van der Waals surface area contributed by atoms with Gasteiger partial charge in [0.2, 0.25) is 0 Å². The molecular formula is C14H20ClNO2. The third-order valence-corrected chi connectivity index (χ3v) is 4.02. The van der Waals surface area contributed by atoms with E-state index in [0.29, 0.717) is 22.6 Å². The van der Waals surface area contributed by atoms with Crippen LogP contribution in [0.3, 0.4) is 0 Å². The molecule has 0 aromatic heterocycles. The highest BCUT2D eigenvalue weighted by Gasteiger charge is 2.28. The Balaban J connectivity index is 2.17. The molecule has 1 aliphatic rings. The van der Waals surface area contributed by atoms with Crippen LogP contribution in [0.2, 0.25) is 5.02 Å². The van der Waals surface area contributed by atoms with Crippen molar-refractivity contribution in [3.05, 3.63) is 28.8 Å². The summed E-state index contributed by atoms with van der Waals surface area (Å²) in [5, 5.41) is 0.616. The van der Waals surface area contributed by atoms with E-state index < -0.39 is 0 Å². The highest BCUT2D eigenvalue weighted by molar-refractivity contribution is 6.32. The summed E-state index contributed by atoms with van der Waals surface area (Å²) in [7, 11) is 1.61. The smallest absolute Gasteiger partial charge is 0.137 e. The van der Waals surface area contributed by atoms with Gasteiger partial charge in [0.1, 0.15) is 5.75 Å². The van der Waals surface area contributed by atoms with Gasteiger partial charge in [-0.15, -0.1) is 0 Å². The highest BCUT2D eigenvalue weighted by atomic mass is 35.5. The summed E-state index contributed by atoms with van der Waals surface area (Å²) in [6, 6.07) is 5.79. The lowest BCUT2D eigenvalue weighted by Crippen LogP contribution is -2.33. The first-order valence-corrected chi connectivity index (χ1v) is 6.68. The van der Waals surface area contributed by atoms with Gasteiger partial charge in [0.05, 0.1) is 12.1 Å². The number of benzene rings is 1. The van der Waals surface area contributed by atoms with Gasteiger partial charge in [-0.2, -0.15) is 0 Å². The van der Waals surface area contributed by atoms with E-state index in [1.54, 1.807) is 7.11 Å². The van der Waals surface area contributed by atoms with Crippen LogP contribution in [0.1, 0.15) is 24.9 Å². The molecule has 3 nitrogen and oxygen atoms in total. The minimum Gasteiger partial charge on any atom is -0.495 e. The normalized spacial score (nSPS) is 25.8. The minimum absolute atomic E-state index is 0.00676. The molecule has 1 aromatic carbocycles. The summed E-state index contributed by atoms with van der Waals surface area (Å²) in [6.45, 7) is 3.78. The molecule has 2 rings (SSSR count). The maximum absolute atomic E-state index is 6.37. The molecule has 3 unspecified atom stereocenters. The monoisotopic (exact) mass is 269 g/mol. The molecule has 18 heavy (non-hydrogen) atoms. The van der Waals surface area contributed by atoms with E-state index in [9.17, 15) is 0 Å². The molecule has 0 amide bonds. The summed E-state index contributed by atoms with van der Waals surface area (Å²) in [4.78, 5) is 0. The van der Waals surface area contributed by atoms with Gasteiger partial charge in [-0.05, 0) is 36.0 Å². The van der Waals surface area contributed by atoms with Crippen LogP contribution >= 0.6 is 11.6 Å². The quantitative estimate of drug-likeness (QED) is 0.917. The summed E-state index contributed by atoms with van der Waals surface area (Å²) in [5.74, 6) is 1.62. The number of methoxy groups -OCH3 is 1. The lowest BCUT2D eigenvalue weighted by Gasteiger charge is -2.33. The number of halogens is 1. The molecule has 1 aliphatic heterocycles. The van der Waals surface area contributed by atoms with E-state index >= 15 is 0 Å². The van der Waals surface area contributed by atoms with Crippen LogP contribution in [-0.4, -0.2) is 20.3 Å². The Morgan fingerprint density at radius 3 is 2.89 bits per heavy atom. The van der Waals surface area contributed by atoms with Crippen LogP contribution in [0, 0.1) is 11.8 Å². The van der Waals surface area contributed by atoms with Gasteiger partial charge in [0, 0.05) is 19.3 Å². The van der Waals surface area contributed by atoms with Gasteiger partial charge in [-0.1, -0.05) is 24.6 Å². The van der Waals surface area contributed by atoms with E-state index in [-0.39, 0.29) is 6.04 Å². The Kier molecular flexibility index (Phi) is 4.49. The number of rotatable bonds is 3. The molecule has 1 fully saturated rings. The Morgan fingerprint density at radius 2 is 2.28 bits per heavy atom. The van der Waals surface area contributed by atoms with Gasteiger partial charge < -0.3 is 15.2 Å². The van der Waals surface area contributed by atoms with Crippen molar-refractivity contribution in [2.24, 2.45) is 17.6 Å². The second-order valence-electron chi connectivity index (χ2n) is 4.92. The first kappa shape index (κ1) is 13.7. The highest BCUT2D eigenvalue weighted by Crippen LogP contribution is 2.34. The van der Waals surface area contributed by atoms with Crippen molar-refractivity contribution in [2.45, 2.75) is 19.4 Å². The molecule has 4 heteroatoms. The number of hydrogen-bond acceptors (Lipinski definition) is 3. The second-order valence-corrected chi connectivity index (χ2v) is 5.33. The van der Waals surface area contributed by atoms with Gasteiger partial charge in [-0.3, -0.25) is 0 Å². The molecular weight excluding hydrogens is 250 g/mol. The van der Waals surface area contributed by atoms with Crippen molar-refractivity contribution in [3.63, 3.8) is 0 Å². The standard InChI is InChI=1S/C14H20ClNO2/c1-9-8-18-6-5-11(9)14(16)10-3-4-13(17-2)12(15)7-10/h3-4,7,9,11,14H,5-6,8,16H2,1-2H3. The van der Waals surface area contributed by atoms with E-state index in [1.165, 1.54) is 0 Å². The molecule has 3 atom stereocenters. The largest absolute Gasteiger partial charge is 0.495 e. The first-order valence-electron chi connectivity index (χ1n) is 6.30. The average molecular weight is 270 g/mol. The van der Waals surface area contributed by atoms with Crippen molar-refractivity contribution < 1.29 is 9.47 Å². The lowest BCUT2D eigenvalue weighted by molar-refractivity contribution is 0.0154. The Bertz CT molecular complexity index is 411. The fraction of sp³-hybridized carbons (Fsp3) is 0.571. The van der Waals surface area contributed by atoms with Crippen LogP contribution in [-0.2, 0) is 4.74 Å². The fourth-order valence-corrected chi connectivity index (χ4v) is 2.83. The summed E-state index contributed by atoms with van der Waals surface area (Å²) in [5.41, 5.74) is 7.43. The Hall–Kier alpha value is -0.770. The molecule has 1 aromatic rings. The summed E-state index contributed by atoms with van der Waals surface area (Å²) in [6.07, 6.45) is 1.01. The second kappa shape index (κ2) is 5.91. The maximum Gasteiger partial charge on any atom is 0.137 e. The first-order chi connectivity index (χ1) is 8.63. The molecule has 0 spiro atoms. The summed E-state index contributed by atoms with van der Waals surface area (Å²) >= 11 is 6.14. The molecule has 1 saturated heterocycles. The molecule has 1 heterocycles. The van der Waals surface area contributed by atoms with E-state index in [0.717, 1.165) is 25.2 Å². The van der Waals surface area contributed by atoms with Gasteiger partial charge in [-0.25, -0.2) is 0 Å².